The van der Waals surface area contributed by atoms with Gasteiger partial charge in [-0.3, -0.25) is 9.63 Å². The van der Waals surface area contributed by atoms with E-state index in [1.807, 2.05) is 20.8 Å². The van der Waals surface area contributed by atoms with Gasteiger partial charge in [-0.25, -0.2) is 5.48 Å². The van der Waals surface area contributed by atoms with Crippen LogP contribution in [-0.2, 0) is 9.63 Å². The Kier molecular flexibility index (Phi) is 5.42. The Morgan fingerprint density at radius 3 is 2.06 bits per heavy atom. The molecule has 0 aromatic carbocycles. The summed E-state index contributed by atoms with van der Waals surface area (Å²) in [7, 11) is 0. The summed E-state index contributed by atoms with van der Waals surface area (Å²) in [5.74, 6) is -0.324. The van der Waals surface area contributed by atoms with Crippen molar-refractivity contribution in [3.63, 3.8) is 0 Å². The second-order valence-corrected chi connectivity index (χ2v) is 6.38. The van der Waals surface area contributed by atoms with Crippen LogP contribution in [0.3, 0.4) is 0 Å². The van der Waals surface area contributed by atoms with Gasteiger partial charge in [-0.2, -0.15) is 0 Å². The molecule has 0 aromatic rings. The first-order valence-corrected chi connectivity index (χ1v) is 5.73. The van der Waals surface area contributed by atoms with Crippen molar-refractivity contribution in [3.8, 4) is 0 Å². The molecule has 0 fully saturated rings. The van der Waals surface area contributed by atoms with Gasteiger partial charge in [0.1, 0.15) is 0 Å². The Hall–Kier alpha value is -0.610. The smallest absolute Gasteiger partial charge is 0.247 e. The molecule has 0 heterocycles. The Balaban J connectivity index is 4.22. The summed E-state index contributed by atoms with van der Waals surface area (Å²) in [6.07, 6.45) is 0.753. The van der Waals surface area contributed by atoms with Crippen LogP contribution in [0.1, 0.15) is 48.0 Å². The molecular weight excluding hydrogens is 204 g/mol. The zero-order chi connectivity index (χ0) is 13.0. The van der Waals surface area contributed by atoms with Crippen LogP contribution < -0.4 is 11.2 Å². The van der Waals surface area contributed by atoms with Crippen molar-refractivity contribution < 1.29 is 9.63 Å². The van der Waals surface area contributed by atoms with E-state index < -0.39 is 0 Å². The third kappa shape index (κ3) is 7.65. The number of hydroxylamine groups is 1. The predicted octanol–water partition coefficient (Wildman–Crippen LogP) is 1.84. The van der Waals surface area contributed by atoms with E-state index in [1.54, 1.807) is 0 Å². The second-order valence-electron chi connectivity index (χ2n) is 6.38. The number of nitrogens with one attached hydrogen (secondary N) is 1. The molecule has 16 heavy (non-hydrogen) atoms. The van der Waals surface area contributed by atoms with Gasteiger partial charge < -0.3 is 5.73 Å². The largest absolute Gasteiger partial charge is 0.330 e. The number of amides is 1. The fourth-order valence-electron chi connectivity index (χ4n) is 1.31. The lowest BCUT2D eigenvalue weighted by Crippen LogP contribution is -2.40. The van der Waals surface area contributed by atoms with E-state index >= 15 is 0 Å². The van der Waals surface area contributed by atoms with Crippen LogP contribution in [0.2, 0.25) is 0 Å². The Bertz CT molecular complexity index is 226. The molecular formula is C12H26N2O2. The Morgan fingerprint density at radius 1 is 1.25 bits per heavy atom. The van der Waals surface area contributed by atoms with Crippen molar-refractivity contribution in [1.29, 1.82) is 0 Å². The number of hydrogen-bond donors (Lipinski definition) is 2. The van der Waals surface area contributed by atoms with E-state index in [1.165, 1.54) is 0 Å². The standard InChI is InChI=1S/C12H26N2O2/c1-11(2,3)7-9(8-13)10(15)14-16-12(4,5)6/h9H,7-8,13H2,1-6H3,(H,14,15). The van der Waals surface area contributed by atoms with Gasteiger partial charge in [-0.1, -0.05) is 20.8 Å². The van der Waals surface area contributed by atoms with E-state index in [4.69, 9.17) is 10.6 Å². The first-order valence-electron chi connectivity index (χ1n) is 5.73. The van der Waals surface area contributed by atoms with Crippen LogP contribution in [0.15, 0.2) is 0 Å². The molecule has 3 N–H and O–H groups in total. The maximum atomic E-state index is 11.8. The normalized spacial score (nSPS) is 14.7. The van der Waals surface area contributed by atoms with Crippen molar-refractivity contribution in [3.05, 3.63) is 0 Å². The summed E-state index contributed by atoms with van der Waals surface area (Å²) in [5.41, 5.74) is 7.79. The van der Waals surface area contributed by atoms with Crippen LogP contribution in [0, 0.1) is 11.3 Å². The van der Waals surface area contributed by atoms with Gasteiger partial charge in [-0.05, 0) is 32.6 Å². The molecule has 96 valence electrons. The van der Waals surface area contributed by atoms with Gasteiger partial charge >= 0.3 is 0 Å². The van der Waals surface area contributed by atoms with Crippen molar-refractivity contribution in [2.75, 3.05) is 6.54 Å². The summed E-state index contributed by atoms with van der Waals surface area (Å²) in [6.45, 7) is 12.3. The molecule has 0 saturated heterocycles. The lowest BCUT2D eigenvalue weighted by molar-refractivity contribution is -0.150. The topological polar surface area (TPSA) is 64.4 Å². The van der Waals surface area contributed by atoms with Crippen molar-refractivity contribution >= 4 is 5.91 Å². The highest BCUT2D eigenvalue weighted by Gasteiger charge is 2.25. The third-order valence-electron chi connectivity index (χ3n) is 1.97. The van der Waals surface area contributed by atoms with Gasteiger partial charge in [-0.15, -0.1) is 0 Å². The molecule has 0 rings (SSSR count). The number of hydrogen-bond acceptors (Lipinski definition) is 3. The van der Waals surface area contributed by atoms with Gasteiger partial charge in [0.15, 0.2) is 0 Å². The minimum absolute atomic E-state index is 0.0864. The van der Waals surface area contributed by atoms with Crippen LogP contribution in [0.5, 0.6) is 0 Å². The summed E-state index contributed by atoms with van der Waals surface area (Å²) in [6, 6.07) is 0. The van der Waals surface area contributed by atoms with Crippen LogP contribution in [-0.4, -0.2) is 18.1 Å². The second kappa shape index (κ2) is 5.64. The van der Waals surface area contributed by atoms with E-state index in [0.717, 1.165) is 6.42 Å². The number of nitrogens with two attached hydrogens (primary N) is 1. The van der Waals surface area contributed by atoms with Crippen LogP contribution in [0.25, 0.3) is 0 Å². The van der Waals surface area contributed by atoms with E-state index in [0.29, 0.717) is 6.54 Å². The average molecular weight is 230 g/mol. The quantitative estimate of drug-likeness (QED) is 0.724. The first kappa shape index (κ1) is 15.4. The zero-order valence-corrected chi connectivity index (χ0v) is 11.4. The van der Waals surface area contributed by atoms with Crippen molar-refractivity contribution in [2.24, 2.45) is 17.1 Å². The van der Waals surface area contributed by atoms with Gasteiger partial charge in [0.25, 0.3) is 0 Å². The summed E-state index contributed by atoms with van der Waals surface area (Å²) < 4.78 is 0. The number of rotatable bonds is 4. The molecule has 1 amide bonds. The summed E-state index contributed by atoms with van der Waals surface area (Å²) in [4.78, 5) is 17.0. The fourth-order valence-corrected chi connectivity index (χ4v) is 1.31. The fraction of sp³-hybridized carbons (Fsp3) is 0.917. The molecule has 0 aliphatic heterocycles. The van der Waals surface area contributed by atoms with Gasteiger partial charge in [0.05, 0.1) is 11.5 Å². The molecule has 0 radical (unpaired) electrons. The molecule has 0 bridgehead atoms. The van der Waals surface area contributed by atoms with Crippen molar-refractivity contribution in [1.82, 2.24) is 5.48 Å². The maximum Gasteiger partial charge on any atom is 0.247 e. The molecule has 4 nitrogen and oxygen atoms in total. The highest BCUT2D eigenvalue weighted by molar-refractivity contribution is 5.77. The molecule has 1 unspecified atom stereocenters. The lowest BCUT2D eigenvalue weighted by atomic mass is 9.84. The molecule has 4 heteroatoms. The zero-order valence-electron chi connectivity index (χ0n) is 11.4. The molecule has 0 aromatic heterocycles. The minimum atomic E-state index is -0.378. The molecule has 0 aliphatic rings. The van der Waals surface area contributed by atoms with Crippen molar-refractivity contribution in [2.45, 2.75) is 53.6 Å². The predicted molar refractivity (Wildman–Crippen MR) is 65.6 cm³/mol. The van der Waals surface area contributed by atoms with E-state index in [2.05, 4.69) is 26.3 Å². The first-order chi connectivity index (χ1) is 7.05. The summed E-state index contributed by atoms with van der Waals surface area (Å²) in [5, 5.41) is 0. The average Bonchev–Trinajstić information content (AvgIpc) is 2.07. The van der Waals surface area contributed by atoms with E-state index in [9.17, 15) is 4.79 Å². The monoisotopic (exact) mass is 230 g/mol. The number of carbonyl (C=O) groups excluding carboxylic acids is 1. The lowest BCUT2D eigenvalue weighted by Gasteiger charge is -2.26. The minimum Gasteiger partial charge on any atom is -0.330 e. The van der Waals surface area contributed by atoms with E-state index in [-0.39, 0.29) is 22.8 Å². The highest BCUT2D eigenvalue weighted by Crippen LogP contribution is 2.24. The van der Waals surface area contributed by atoms with Gasteiger partial charge in [0.2, 0.25) is 5.91 Å². The SMILES string of the molecule is CC(C)(C)CC(CN)C(=O)NOC(C)(C)C. The summed E-state index contributed by atoms with van der Waals surface area (Å²) >= 11 is 0. The molecule has 0 saturated carbocycles. The highest BCUT2D eigenvalue weighted by atomic mass is 16.7. The third-order valence-corrected chi connectivity index (χ3v) is 1.97. The van der Waals surface area contributed by atoms with Crippen LogP contribution >= 0.6 is 0 Å². The molecule has 0 spiro atoms. The maximum absolute atomic E-state index is 11.8. The Labute approximate surface area is 98.9 Å². The number of carbonyl (C=O) groups is 1. The van der Waals surface area contributed by atoms with Gasteiger partial charge in [0, 0.05) is 6.54 Å². The Morgan fingerprint density at radius 2 is 1.75 bits per heavy atom. The molecule has 0 aliphatic carbocycles. The molecule has 1 atom stereocenters. The van der Waals surface area contributed by atoms with Crippen LogP contribution in [0.4, 0.5) is 0 Å².